The molecule has 0 aliphatic carbocycles. The summed E-state index contributed by atoms with van der Waals surface area (Å²) in [7, 11) is 0. The van der Waals surface area contributed by atoms with Gasteiger partial charge in [-0.3, -0.25) is 0 Å². The fourth-order valence-electron chi connectivity index (χ4n) is 1.84. The average molecular weight is 405 g/mol. The maximum Gasteiger partial charge on any atom is 0.0852 e. The molecular weight excluding hydrogens is 372 g/mol. The largest absolute Gasteiger partial charge is 0.394 e. The Labute approximate surface area is 166 Å². The second kappa shape index (κ2) is 18.6. The van der Waals surface area contributed by atoms with Crippen molar-refractivity contribution in [2.45, 2.75) is 11.8 Å². The SMILES string of the molecule is Cc1ccc(SOCCOCCOCCOCCOCCOCCO)cc1. The number of benzene rings is 1. The molecule has 0 amide bonds. The maximum atomic E-state index is 8.53. The predicted molar refractivity (Wildman–Crippen MR) is 104 cm³/mol. The monoisotopic (exact) mass is 404 g/mol. The predicted octanol–water partition coefficient (Wildman–Crippen LogP) is 2.09. The van der Waals surface area contributed by atoms with Gasteiger partial charge < -0.3 is 33.0 Å². The molecule has 1 rings (SSSR count). The first-order valence-electron chi connectivity index (χ1n) is 9.18. The van der Waals surface area contributed by atoms with E-state index in [-0.39, 0.29) is 6.61 Å². The highest BCUT2D eigenvalue weighted by molar-refractivity contribution is 7.94. The Morgan fingerprint density at radius 3 is 1.48 bits per heavy atom. The van der Waals surface area contributed by atoms with Gasteiger partial charge in [0.15, 0.2) is 0 Å². The van der Waals surface area contributed by atoms with E-state index in [0.29, 0.717) is 72.7 Å². The fourth-order valence-corrected chi connectivity index (χ4v) is 2.38. The van der Waals surface area contributed by atoms with Gasteiger partial charge in [-0.2, -0.15) is 0 Å². The van der Waals surface area contributed by atoms with E-state index < -0.39 is 0 Å². The quantitative estimate of drug-likeness (QED) is 0.278. The van der Waals surface area contributed by atoms with Gasteiger partial charge in [0.1, 0.15) is 0 Å². The van der Waals surface area contributed by atoms with Crippen LogP contribution in [0.5, 0.6) is 0 Å². The lowest BCUT2D eigenvalue weighted by Gasteiger charge is -2.08. The summed E-state index contributed by atoms with van der Waals surface area (Å²) in [6.45, 7) is 7.68. The summed E-state index contributed by atoms with van der Waals surface area (Å²) in [6.07, 6.45) is 0. The maximum absolute atomic E-state index is 8.53. The summed E-state index contributed by atoms with van der Waals surface area (Å²) in [6, 6.07) is 8.20. The zero-order valence-corrected chi connectivity index (χ0v) is 16.9. The Morgan fingerprint density at radius 1 is 0.630 bits per heavy atom. The van der Waals surface area contributed by atoms with E-state index in [4.69, 9.17) is 33.0 Å². The summed E-state index contributed by atoms with van der Waals surface area (Å²) in [4.78, 5) is 1.09. The molecular formula is C19H32O7S. The molecule has 0 heterocycles. The summed E-state index contributed by atoms with van der Waals surface area (Å²) < 4.78 is 32.1. The Kier molecular flexibility index (Phi) is 16.8. The number of rotatable bonds is 19. The van der Waals surface area contributed by atoms with Crippen molar-refractivity contribution in [2.24, 2.45) is 0 Å². The molecule has 0 unspecified atom stereocenters. The highest BCUT2D eigenvalue weighted by Gasteiger charge is 1.96. The molecule has 0 bridgehead atoms. The van der Waals surface area contributed by atoms with Crippen molar-refractivity contribution in [1.29, 1.82) is 0 Å². The van der Waals surface area contributed by atoms with Gasteiger partial charge in [0.05, 0.1) is 79.3 Å². The van der Waals surface area contributed by atoms with Crippen molar-refractivity contribution < 1.29 is 33.0 Å². The van der Waals surface area contributed by atoms with Gasteiger partial charge in [-0.25, -0.2) is 0 Å². The lowest BCUT2D eigenvalue weighted by atomic mass is 10.2. The number of hydrogen-bond donors (Lipinski definition) is 1. The topological polar surface area (TPSA) is 75.6 Å². The average Bonchev–Trinajstić information content (AvgIpc) is 2.68. The van der Waals surface area contributed by atoms with E-state index in [9.17, 15) is 0 Å². The van der Waals surface area contributed by atoms with Gasteiger partial charge in [0.25, 0.3) is 0 Å². The molecule has 7 nitrogen and oxygen atoms in total. The van der Waals surface area contributed by atoms with Crippen LogP contribution >= 0.6 is 12.0 Å². The molecule has 0 saturated carbocycles. The van der Waals surface area contributed by atoms with Crippen LogP contribution in [0.2, 0.25) is 0 Å². The normalized spacial score (nSPS) is 11.2. The van der Waals surface area contributed by atoms with Crippen LogP contribution in [0, 0.1) is 6.92 Å². The van der Waals surface area contributed by atoms with Gasteiger partial charge in [-0.15, -0.1) is 0 Å². The molecule has 0 aliphatic heterocycles. The third-order valence-electron chi connectivity index (χ3n) is 3.21. The molecule has 0 radical (unpaired) electrons. The molecule has 0 fully saturated rings. The summed E-state index contributed by atoms with van der Waals surface area (Å²) in [5, 5.41) is 8.53. The van der Waals surface area contributed by atoms with Crippen molar-refractivity contribution in [3.05, 3.63) is 29.8 Å². The van der Waals surface area contributed by atoms with Crippen molar-refractivity contribution in [3.8, 4) is 0 Å². The fraction of sp³-hybridized carbons (Fsp3) is 0.684. The van der Waals surface area contributed by atoms with Gasteiger partial charge in [-0.05, 0) is 19.1 Å². The molecule has 1 N–H and O–H groups in total. The number of ether oxygens (including phenoxy) is 5. The first-order valence-corrected chi connectivity index (χ1v) is 9.93. The third kappa shape index (κ3) is 16.0. The van der Waals surface area contributed by atoms with Crippen LogP contribution in [0.4, 0.5) is 0 Å². The van der Waals surface area contributed by atoms with Crippen molar-refractivity contribution in [2.75, 3.05) is 79.3 Å². The lowest BCUT2D eigenvalue weighted by molar-refractivity contribution is -0.0144. The highest BCUT2D eigenvalue weighted by atomic mass is 32.2. The van der Waals surface area contributed by atoms with E-state index in [1.165, 1.54) is 17.6 Å². The molecule has 0 aliphatic rings. The van der Waals surface area contributed by atoms with Crippen LogP contribution in [-0.4, -0.2) is 84.4 Å². The Balaban J connectivity index is 1.71. The van der Waals surface area contributed by atoms with E-state index in [2.05, 4.69) is 19.1 Å². The second-order valence-corrected chi connectivity index (χ2v) is 6.38. The van der Waals surface area contributed by atoms with Crippen LogP contribution in [0.15, 0.2) is 29.2 Å². The molecule has 0 aromatic heterocycles. The molecule has 0 saturated heterocycles. The Morgan fingerprint density at radius 2 is 1.04 bits per heavy atom. The zero-order chi connectivity index (χ0) is 19.4. The Hall–Kier alpha value is -0.710. The number of aryl methyl sites for hydroxylation is 1. The van der Waals surface area contributed by atoms with E-state index in [0.717, 1.165) is 4.90 Å². The van der Waals surface area contributed by atoms with Gasteiger partial charge in [0, 0.05) is 16.9 Å². The smallest absolute Gasteiger partial charge is 0.0852 e. The van der Waals surface area contributed by atoms with Gasteiger partial charge in [0.2, 0.25) is 0 Å². The second-order valence-electron chi connectivity index (χ2n) is 5.50. The minimum Gasteiger partial charge on any atom is -0.394 e. The molecule has 156 valence electrons. The van der Waals surface area contributed by atoms with Crippen molar-refractivity contribution >= 4 is 12.0 Å². The van der Waals surface area contributed by atoms with Crippen LogP contribution in [0.3, 0.4) is 0 Å². The van der Waals surface area contributed by atoms with Crippen molar-refractivity contribution in [1.82, 2.24) is 0 Å². The summed E-state index contributed by atoms with van der Waals surface area (Å²) in [5.74, 6) is 0. The minimum absolute atomic E-state index is 0.0367. The van der Waals surface area contributed by atoms with Crippen LogP contribution in [0.1, 0.15) is 5.56 Å². The zero-order valence-electron chi connectivity index (χ0n) is 16.1. The molecule has 1 aromatic rings. The van der Waals surface area contributed by atoms with Crippen molar-refractivity contribution in [3.63, 3.8) is 0 Å². The number of hydrogen-bond acceptors (Lipinski definition) is 8. The summed E-state index contributed by atoms with van der Waals surface area (Å²) in [5.41, 5.74) is 1.24. The van der Waals surface area contributed by atoms with Crippen LogP contribution in [-0.2, 0) is 27.9 Å². The van der Waals surface area contributed by atoms with E-state index >= 15 is 0 Å². The number of aliphatic hydroxyl groups excluding tert-OH is 1. The first-order chi connectivity index (χ1) is 13.3. The molecule has 0 spiro atoms. The highest BCUT2D eigenvalue weighted by Crippen LogP contribution is 2.18. The van der Waals surface area contributed by atoms with Crippen LogP contribution < -0.4 is 0 Å². The molecule has 0 atom stereocenters. The molecule has 27 heavy (non-hydrogen) atoms. The van der Waals surface area contributed by atoms with Gasteiger partial charge >= 0.3 is 0 Å². The Bertz CT molecular complexity index is 431. The van der Waals surface area contributed by atoms with Crippen LogP contribution in [0.25, 0.3) is 0 Å². The minimum atomic E-state index is 0.0367. The third-order valence-corrected chi connectivity index (χ3v) is 3.96. The molecule has 1 aromatic carbocycles. The first kappa shape index (κ1) is 24.3. The van der Waals surface area contributed by atoms with E-state index in [1.54, 1.807) is 0 Å². The standard InChI is InChI=1S/C19H32O7S/c1-18-2-4-19(5-3-18)27-26-17-16-25-15-14-24-13-12-23-11-10-22-9-8-21-7-6-20/h2-5,20H,6-17H2,1H3. The summed E-state index contributed by atoms with van der Waals surface area (Å²) >= 11 is 1.36. The lowest BCUT2D eigenvalue weighted by Crippen LogP contribution is -2.14. The molecule has 8 heteroatoms. The number of aliphatic hydroxyl groups is 1. The van der Waals surface area contributed by atoms with Gasteiger partial charge in [-0.1, -0.05) is 17.7 Å². The van der Waals surface area contributed by atoms with E-state index in [1.807, 2.05) is 12.1 Å².